The maximum atomic E-state index is 11.5. The van der Waals surface area contributed by atoms with Crippen LogP contribution in [-0.2, 0) is 11.3 Å². The van der Waals surface area contributed by atoms with Crippen LogP contribution in [0, 0.1) is 5.92 Å². The van der Waals surface area contributed by atoms with Gasteiger partial charge < -0.3 is 5.11 Å². The first-order chi connectivity index (χ1) is 9.74. The van der Waals surface area contributed by atoms with Gasteiger partial charge in [0.25, 0.3) is 0 Å². The Labute approximate surface area is 121 Å². The van der Waals surface area contributed by atoms with Gasteiger partial charge >= 0.3 is 5.97 Å². The number of nitrogens with zero attached hydrogens (tertiary/aromatic N) is 2. The van der Waals surface area contributed by atoms with E-state index in [1.165, 1.54) is 5.56 Å². The molecule has 1 aromatic heterocycles. The summed E-state index contributed by atoms with van der Waals surface area (Å²) in [6.45, 7) is 2.15. The van der Waals surface area contributed by atoms with E-state index in [4.69, 9.17) is 0 Å². The number of aliphatic carboxylic acids is 1. The van der Waals surface area contributed by atoms with Crippen LogP contribution in [-0.4, -0.2) is 34.0 Å². The molecule has 0 bridgehead atoms. The number of aromatic nitrogens is 1. The maximum absolute atomic E-state index is 11.5. The fraction of sp³-hybridized carbons (Fsp3) is 0.333. The lowest BCUT2D eigenvalue weighted by Crippen LogP contribution is -2.23. The lowest BCUT2D eigenvalue weighted by Gasteiger charge is -2.15. The predicted molar refractivity (Wildman–Crippen MR) is 77.7 cm³/mol. The van der Waals surface area contributed by atoms with E-state index < -0.39 is 5.97 Å². The van der Waals surface area contributed by atoms with Gasteiger partial charge in [0.15, 0.2) is 0 Å². The van der Waals surface area contributed by atoms with Gasteiger partial charge in [-0.15, -0.1) is 11.3 Å². The molecule has 0 spiro atoms. The van der Waals surface area contributed by atoms with E-state index in [9.17, 15) is 9.90 Å². The average molecular weight is 288 g/mol. The van der Waals surface area contributed by atoms with Gasteiger partial charge in [0.2, 0.25) is 0 Å². The Balaban J connectivity index is 1.75. The Morgan fingerprint density at radius 1 is 1.35 bits per heavy atom. The van der Waals surface area contributed by atoms with Crippen LogP contribution in [0.1, 0.15) is 16.5 Å². The van der Waals surface area contributed by atoms with Crippen molar-refractivity contribution in [2.24, 2.45) is 5.92 Å². The van der Waals surface area contributed by atoms with Crippen molar-refractivity contribution in [3.63, 3.8) is 0 Å². The second-order valence-corrected chi connectivity index (χ2v) is 6.03. The van der Waals surface area contributed by atoms with E-state index in [1.807, 2.05) is 23.6 Å². The highest BCUT2D eigenvalue weighted by Crippen LogP contribution is 2.34. The summed E-state index contributed by atoms with van der Waals surface area (Å²) in [6.07, 6.45) is 1.75. The predicted octanol–water partition coefficient (Wildman–Crippen LogP) is 2.44. The molecule has 104 valence electrons. The van der Waals surface area contributed by atoms with Crippen LogP contribution in [0.2, 0.25) is 0 Å². The number of hydrogen-bond acceptors (Lipinski definition) is 4. The van der Waals surface area contributed by atoms with Crippen molar-refractivity contribution >= 4 is 17.3 Å². The topological polar surface area (TPSA) is 53.4 Å². The van der Waals surface area contributed by atoms with E-state index in [2.05, 4.69) is 22.0 Å². The molecule has 2 heterocycles. The Bertz CT molecular complexity index is 571. The third-order valence-corrected chi connectivity index (χ3v) is 4.64. The van der Waals surface area contributed by atoms with Crippen molar-refractivity contribution in [3.05, 3.63) is 52.5 Å². The summed E-state index contributed by atoms with van der Waals surface area (Å²) >= 11 is 1.55. The smallest absolute Gasteiger partial charge is 0.308 e. The molecule has 0 aliphatic carbocycles. The summed E-state index contributed by atoms with van der Waals surface area (Å²) in [5.74, 6) is -1.07. The van der Waals surface area contributed by atoms with Gasteiger partial charge in [-0.05, 0) is 5.56 Å². The first-order valence-electron chi connectivity index (χ1n) is 6.62. The molecule has 2 aromatic rings. The molecule has 1 fully saturated rings. The highest BCUT2D eigenvalue weighted by molar-refractivity contribution is 7.09. The lowest BCUT2D eigenvalue weighted by atomic mass is 9.97. The molecule has 1 aromatic carbocycles. The zero-order chi connectivity index (χ0) is 13.9. The Morgan fingerprint density at radius 3 is 2.80 bits per heavy atom. The minimum Gasteiger partial charge on any atom is -0.481 e. The number of carbonyl (C=O) groups is 1. The molecule has 0 radical (unpaired) electrons. The molecule has 2 unspecified atom stereocenters. The second-order valence-electron chi connectivity index (χ2n) is 5.10. The molecule has 5 heteroatoms. The molecule has 1 aliphatic rings. The van der Waals surface area contributed by atoms with Crippen molar-refractivity contribution in [2.45, 2.75) is 12.5 Å². The van der Waals surface area contributed by atoms with Gasteiger partial charge in [0.05, 0.1) is 10.9 Å². The highest BCUT2D eigenvalue weighted by atomic mass is 32.1. The summed E-state index contributed by atoms with van der Waals surface area (Å²) in [5.41, 5.74) is 1.22. The quantitative estimate of drug-likeness (QED) is 0.939. The molecule has 0 saturated carbocycles. The minimum absolute atomic E-state index is 0.0104. The van der Waals surface area contributed by atoms with Gasteiger partial charge in [0.1, 0.15) is 0 Å². The van der Waals surface area contributed by atoms with Crippen LogP contribution in [0.25, 0.3) is 0 Å². The maximum Gasteiger partial charge on any atom is 0.308 e. The number of thiazole rings is 1. The van der Waals surface area contributed by atoms with Gasteiger partial charge in [-0.3, -0.25) is 9.69 Å². The molecule has 1 N–H and O–H groups in total. The summed E-state index contributed by atoms with van der Waals surface area (Å²) in [4.78, 5) is 18.0. The molecule has 20 heavy (non-hydrogen) atoms. The van der Waals surface area contributed by atoms with Crippen molar-refractivity contribution in [3.8, 4) is 0 Å². The number of carboxylic acid groups (broad SMARTS) is 1. The normalized spacial score (nSPS) is 23.0. The monoisotopic (exact) mass is 288 g/mol. The van der Waals surface area contributed by atoms with Crippen LogP contribution in [0.3, 0.4) is 0 Å². The molecule has 1 aliphatic heterocycles. The van der Waals surface area contributed by atoms with E-state index in [1.54, 1.807) is 17.5 Å². The molecular weight excluding hydrogens is 272 g/mol. The number of hydrogen-bond donors (Lipinski definition) is 1. The Morgan fingerprint density at radius 2 is 2.15 bits per heavy atom. The standard InChI is InChI=1S/C15H16N2O2S/c18-15(19)13-10-17(8-11-4-2-1-3-5-11)9-12(13)14-16-6-7-20-14/h1-7,12-13H,8-10H2,(H,18,19). The highest BCUT2D eigenvalue weighted by Gasteiger charge is 2.39. The first-order valence-corrected chi connectivity index (χ1v) is 7.50. The average Bonchev–Trinajstić information content (AvgIpc) is 3.08. The van der Waals surface area contributed by atoms with Gasteiger partial charge in [-0.25, -0.2) is 4.98 Å². The molecule has 1 saturated heterocycles. The van der Waals surface area contributed by atoms with Crippen LogP contribution >= 0.6 is 11.3 Å². The number of likely N-dealkylation sites (tertiary alicyclic amines) is 1. The summed E-state index contributed by atoms with van der Waals surface area (Å²) < 4.78 is 0. The zero-order valence-electron chi connectivity index (χ0n) is 11.0. The Hall–Kier alpha value is -1.72. The molecule has 2 atom stereocenters. The van der Waals surface area contributed by atoms with E-state index in [-0.39, 0.29) is 11.8 Å². The van der Waals surface area contributed by atoms with Gasteiger partial charge in [-0.2, -0.15) is 0 Å². The molecular formula is C15H16N2O2S. The number of benzene rings is 1. The van der Waals surface area contributed by atoms with Crippen molar-refractivity contribution in [1.82, 2.24) is 9.88 Å². The van der Waals surface area contributed by atoms with Gasteiger partial charge in [-0.1, -0.05) is 30.3 Å². The summed E-state index contributed by atoms with van der Waals surface area (Å²) in [7, 11) is 0. The summed E-state index contributed by atoms with van der Waals surface area (Å²) in [6, 6.07) is 10.2. The first kappa shape index (κ1) is 13.3. The van der Waals surface area contributed by atoms with Crippen LogP contribution in [0.4, 0.5) is 0 Å². The van der Waals surface area contributed by atoms with Crippen LogP contribution in [0.15, 0.2) is 41.9 Å². The van der Waals surface area contributed by atoms with Crippen molar-refractivity contribution in [2.75, 3.05) is 13.1 Å². The minimum atomic E-state index is -0.722. The van der Waals surface area contributed by atoms with Crippen molar-refractivity contribution in [1.29, 1.82) is 0 Å². The van der Waals surface area contributed by atoms with E-state index in [0.29, 0.717) is 6.54 Å². The summed E-state index contributed by atoms with van der Waals surface area (Å²) in [5, 5.41) is 12.3. The van der Waals surface area contributed by atoms with Crippen molar-refractivity contribution < 1.29 is 9.90 Å². The number of rotatable bonds is 4. The molecule has 3 rings (SSSR count). The largest absolute Gasteiger partial charge is 0.481 e. The SMILES string of the molecule is O=C(O)C1CN(Cc2ccccc2)CC1c1nccs1. The third-order valence-electron chi connectivity index (χ3n) is 3.73. The Kier molecular flexibility index (Phi) is 3.80. The fourth-order valence-corrected chi connectivity index (χ4v) is 3.57. The molecule has 0 amide bonds. The van der Waals surface area contributed by atoms with Crippen LogP contribution in [0.5, 0.6) is 0 Å². The second kappa shape index (κ2) is 5.73. The van der Waals surface area contributed by atoms with E-state index >= 15 is 0 Å². The third kappa shape index (κ3) is 2.73. The van der Waals surface area contributed by atoms with E-state index in [0.717, 1.165) is 18.1 Å². The van der Waals surface area contributed by atoms with Crippen LogP contribution < -0.4 is 0 Å². The molecule has 4 nitrogen and oxygen atoms in total. The fourth-order valence-electron chi connectivity index (χ4n) is 2.77. The van der Waals surface area contributed by atoms with Gasteiger partial charge in [0, 0.05) is 37.1 Å². The zero-order valence-corrected chi connectivity index (χ0v) is 11.8. The number of carboxylic acids is 1. The lowest BCUT2D eigenvalue weighted by molar-refractivity contribution is -0.141.